The highest BCUT2D eigenvalue weighted by Crippen LogP contribution is 2.11. The lowest BCUT2D eigenvalue weighted by Crippen LogP contribution is -2.21. The number of nitrogens with zero attached hydrogens (tertiary/aromatic N) is 2. The van der Waals surface area contributed by atoms with Gasteiger partial charge in [0.15, 0.2) is 0 Å². The van der Waals surface area contributed by atoms with Crippen LogP contribution in [0.3, 0.4) is 0 Å². The number of benzene rings is 1. The van der Waals surface area contributed by atoms with E-state index >= 15 is 0 Å². The van der Waals surface area contributed by atoms with Crippen LogP contribution in [0.5, 0.6) is 5.75 Å². The number of anilines is 1. The van der Waals surface area contributed by atoms with Gasteiger partial charge in [-0.15, -0.1) is 10.2 Å². The molecule has 0 fully saturated rings. The van der Waals surface area contributed by atoms with E-state index in [4.69, 9.17) is 4.74 Å². The van der Waals surface area contributed by atoms with Crippen molar-refractivity contribution in [1.29, 1.82) is 0 Å². The topological polar surface area (TPSA) is 81.2 Å². The molecule has 0 saturated carbocycles. The normalized spacial score (nSPS) is 11.1. The Bertz CT molecular complexity index is 570. The third-order valence-corrected chi connectivity index (χ3v) is 3.91. The number of ether oxygens (including phenoxy) is 1. The molecule has 0 spiro atoms. The predicted molar refractivity (Wildman–Crippen MR) is 69.3 cm³/mol. The average Bonchev–Trinajstić information content (AvgIpc) is 2.82. The number of sulfonamides is 1. The summed E-state index contributed by atoms with van der Waals surface area (Å²) < 4.78 is 30.9. The average molecular weight is 285 g/mol. The van der Waals surface area contributed by atoms with E-state index < -0.39 is 10.0 Å². The molecule has 1 aromatic heterocycles. The summed E-state index contributed by atoms with van der Waals surface area (Å²) in [6.45, 7) is 0.0815. The van der Waals surface area contributed by atoms with Crippen LogP contribution in [0.1, 0.15) is 0 Å². The largest absolute Gasteiger partial charge is 0.492 e. The second-order valence-electron chi connectivity index (χ2n) is 3.33. The fourth-order valence-electron chi connectivity index (χ4n) is 1.19. The Kier molecular flexibility index (Phi) is 4.11. The summed E-state index contributed by atoms with van der Waals surface area (Å²) >= 11 is 1.13. The number of rotatable bonds is 6. The van der Waals surface area contributed by atoms with Gasteiger partial charge < -0.3 is 4.74 Å². The van der Waals surface area contributed by atoms with Crippen molar-refractivity contribution in [2.24, 2.45) is 0 Å². The second kappa shape index (κ2) is 5.78. The Morgan fingerprint density at radius 2 is 2.06 bits per heavy atom. The molecule has 96 valence electrons. The van der Waals surface area contributed by atoms with Crippen molar-refractivity contribution in [2.75, 3.05) is 17.1 Å². The van der Waals surface area contributed by atoms with Crippen molar-refractivity contribution >= 4 is 26.5 Å². The number of para-hydroxylation sites is 1. The van der Waals surface area contributed by atoms with Gasteiger partial charge in [0.2, 0.25) is 15.2 Å². The first-order chi connectivity index (χ1) is 8.66. The molecule has 6 nitrogen and oxygen atoms in total. The highest BCUT2D eigenvalue weighted by molar-refractivity contribution is 7.92. The van der Waals surface area contributed by atoms with Crippen molar-refractivity contribution in [3.05, 3.63) is 35.8 Å². The van der Waals surface area contributed by atoms with Crippen LogP contribution in [-0.4, -0.2) is 31.0 Å². The molecule has 0 radical (unpaired) electrons. The molecule has 2 rings (SSSR count). The van der Waals surface area contributed by atoms with Crippen molar-refractivity contribution in [3.63, 3.8) is 0 Å². The fourth-order valence-corrected chi connectivity index (χ4v) is 2.76. The van der Waals surface area contributed by atoms with E-state index in [1.54, 1.807) is 12.1 Å². The Balaban J connectivity index is 1.82. The zero-order chi connectivity index (χ0) is 12.8. The zero-order valence-electron chi connectivity index (χ0n) is 9.31. The molecule has 0 aliphatic carbocycles. The minimum atomic E-state index is -3.44. The number of nitrogens with one attached hydrogen (secondary N) is 1. The van der Waals surface area contributed by atoms with Crippen LogP contribution in [0.15, 0.2) is 35.8 Å². The van der Waals surface area contributed by atoms with E-state index in [9.17, 15) is 8.42 Å². The molecule has 0 aliphatic rings. The van der Waals surface area contributed by atoms with Gasteiger partial charge in [-0.3, -0.25) is 4.72 Å². The molecule has 0 atom stereocenters. The summed E-state index contributed by atoms with van der Waals surface area (Å²) in [6, 6.07) is 9.04. The highest BCUT2D eigenvalue weighted by atomic mass is 32.2. The molecule has 0 saturated heterocycles. The van der Waals surface area contributed by atoms with Gasteiger partial charge in [0.05, 0.1) is 0 Å². The molecule has 1 aromatic carbocycles. The molecular formula is C10H11N3O3S2. The first-order valence-corrected chi connectivity index (χ1v) is 7.63. The van der Waals surface area contributed by atoms with Crippen LogP contribution in [0, 0.1) is 0 Å². The van der Waals surface area contributed by atoms with Gasteiger partial charge in [-0.25, -0.2) is 8.42 Å². The number of hydrogen-bond donors (Lipinski definition) is 1. The molecular weight excluding hydrogens is 274 g/mol. The van der Waals surface area contributed by atoms with Crippen LogP contribution in [0.4, 0.5) is 5.13 Å². The van der Waals surface area contributed by atoms with E-state index in [-0.39, 0.29) is 17.5 Å². The Morgan fingerprint density at radius 3 is 2.72 bits per heavy atom. The van der Waals surface area contributed by atoms with Gasteiger partial charge >= 0.3 is 0 Å². The smallest absolute Gasteiger partial charge is 0.237 e. The summed E-state index contributed by atoms with van der Waals surface area (Å²) in [7, 11) is -3.44. The van der Waals surface area contributed by atoms with Gasteiger partial charge in [-0.05, 0) is 12.1 Å². The van der Waals surface area contributed by atoms with Crippen LogP contribution >= 0.6 is 11.3 Å². The lowest BCUT2D eigenvalue weighted by molar-refractivity contribution is 0.341. The maximum Gasteiger partial charge on any atom is 0.237 e. The predicted octanol–water partition coefficient (Wildman–Crippen LogP) is 1.36. The third-order valence-electron chi connectivity index (χ3n) is 1.97. The van der Waals surface area contributed by atoms with Crippen LogP contribution in [0.25, 0.3) is 0 Å². The van der Waals surface area contributed by atoms with Gasteiger partial charge in [0, 0.05) is 0 Å². The summed E-state index contributed by atoms with van der Waals surface area (Å²) in [5.41, 5.74) is 1.46. The van der Waals surface area contributed by atoms with Gasteiger partial charge in [-0.1, -0.05) is 29.5 Å². The van der Waals surface area contributed by atoms with Crippen LogP contribution < -0.4 is 9.46 Å². The maximum absolute atomic E-state index is 11.6. The molecule has 0 aliphatic heterocycles. The highest BCUT2D eigenvalue weighted by Gasteiger charge is 2.12. The van der Waals surface area contributed by atoms with Crippen molar-refractivity contribution < 1.29 is 13.2 Å². The Morgan fingerprint density at radius 1 is 1.28 bits per heavy atom. The summed E-state index contributed by atoms with van der Waals surface area (Å²) in [5.74, 6) is 0.505. The van der Waals surface area contributed by atoms with Crippen LogP contribution in [0.2, 0.25) is 0 Å². The number of hydrogen-bond acceptors (Lipinski definition) is 6. The Labute approximate surface area is 109 Å². The zero-order valence-corrected chi connectivity index (χ0v) is 10.9. The summed E-state index contributed by atoms with van der Waals surface area (Å²) in [5, 5.41) is 7.41. The van der Waals surface area contributed by atoms with Crippen molar-refractivity contribution in [3.8, 4) is 5.75 Å². The first kappa shape index (κ1) is 12.8. The van der Waals surface area contributed by atoms with Gasteiger partial charge in [-0.2, -0.15) is 0 Å². The van der Waals surface area contributed by atoms with Gasteiger partial charge in [0.1, 0.15) is 23.6 Å². The van der Waals surface area contributed by atoms with Crippen LogP contribution in [-0.2, 0) is 10.0 Å². The van der Waals surface area contributed by atoms with E-state index in [1.165, 1.54) is 5.51 Å². The lowest BCUT2D eigenvalue weighted by atomic mass is 10.3. The quantitative estimate of drug-likeness (QED) is 0.866. The minimum Gasteiger partial charge on any atom is -0.492 e. The van der Waals surface area contributed by atoms with Gasteiger partial charge in [0.25, 0.3) is 0 Å². The van der Waals surface area contributed by atoms with Crippen molar-refractivity contribution in [2.45, 2.75) is 0 Å². The number of aromatic nitrogens is 2. The summed E-state index contributed by atoms with van der Waals surface area (Å²) in [4.78, 5) is 0. The lowest BCUT2D eigenvalue weighted by Gasteiger charge is -2.06. The van der Waals surface area contributed by atoms with E-state index in [0.717, 1.165) is 11.3 Å². The molecule has 0 unspecified atom stereocenters. The fraction of sp³-hybridized carbons (Fsp3) is 0.200. The maximum atomic E-state index is 11.6. The van der Waals surface area contributed by atoms with E-state index in [0.29, 0.717) is 5.75 Å². The molecule has 1 heterocycles. The van der Waals surface area contributed by atoms with E-state index in [1.807, 2.05) is 18.2 Å². The molecule has 0 bridgehead atoms. The minimum absolute atomic E-state index is 0.0815. The molecule has 2 aromatic rings. The molecule has 8 heteroatoms. The standard InChI is InChI=1S/C10H11N3O3S2/c14-18(15,13-10-12-11-8-17-10)7-6-16-9-4-2-1-3-5-9/h1-5,8H,6-7H2,(H,12,13). The molecule has 0 amide bonds. The second-order valence-corrected chi connectivity index (χ2v) is 6.00. The molecule has 1 N–H and O–H groups in total. The summed E-state index contributed by atoms with van der Waals surface area (Å²) in [6.07, 6.45) is 0. The van der Waals surface area contributed by atoms with Crippen molar-refractivity contribution in [1.82, 2.24) is 10.2 Å². The van der Waals surface area contributed by atoms with E-state index in [2.05, 4.69) is 14.9 Å². The monoisotopic (exact) mass is 285 g/mol. The third kappa shape index (κ3) is 3.97. The Hall–Kier alpha value is -1.67. The first-order valence-electron chi connectivity index (χ1n) is 5.10. The SMILES string of the molecule is O=S(=O)(CCOc1ccccc1)Nc1nncs1. The molecule has 18 heavy (non-hydrogen) atoms.